The minimum Gasteiger partial charge on any atom is -0.369 e. The summed E-state index contributed by atoms with van der Waals surface area (Å²) in [6, 6.07) is 6.41. The third-order valence-electron chi connectivity index (χ3n) is 2.37. The summed E-state index contributed by atoms with van der Waals surface area (Å²) in [5.74, 6) is -0.310. The average Bonchev–Trinajstić information content (AvgIpc) is 2.14. The van der Waals surface area contributed by atoms with E-state index in [1.807, 2.05) is 0 Å². The van der Waals surface area contributed by atoms with E-state index in [4.69, 9.17) is 5.73 Å². The van der Waals surface area contributed by atoms with Crippen LogP contribution >= 0.6 is 0 Å². The molecule has 1 rings (SSSR count). The Morgan fingerprint density at radius 2 is 2.13 bits per heavy atom. The fraction of sp³-hybridized carbons (Fsp3) is 0.417. The first-order valence-corrected chi connectivity index (χ1v) is 5.15. The largest absolute Gasteiger partial charge is 0.369 e. The van der Waals surface area contributed by atoms with E-state index in [9.17, 15) is 4.79 Å². The van der Waals surface area contributed by atoms with Crippen molar-refractivity contribution in [3.63, 3.8) is 0 Å². The molecule has 0 aliphatic heterocycles. The molecule has 0 aromatic heterocycles. The number of hydrogen-bond donors (Lipinski definition) is 2. The molecule has 3 nitrogen and oxygen atoms in total. The van der Waals surface area contributed by atoms with E-state index >= 15 is 0 Å². The minimum atomic E-state index is -0.310. The van der Waals surface area contributed by atoms with Gasteiger partial charge < -0.3 is 11.1 Å². The number of amides is 1. The van der Waals surface area contributed by atoms with Gasteiger partial charge in [0, 0.05) is 0 Å². The molecule has 3 N–H and O–H groups in total. The Bertz CT molecular complexity index is 347. The number of hydrogen-bond acceptors (Lipinski definition) is 2. The molecule has 1 aromatic rings. The molecule has 0 aliphatic rings. The van der Waals surface area contributed by atoms with Gasteiger partial charge >= 0.3 is 0 Å². The molecule has 0 fully saturated rings. The number of benzene rings is 1. The maximum atomic E-state index is 10.5. The van der Waals surface area contributed by atoms with Gasteiger partial charge in [0.15, 0.2) is 0 Å². The van der Waals surface area contributed by atoms with Crippen molar-refractivity contribution in [3.8, 4) is 0 Å². The zero-order valence-electron chi connectivity index (χ0n) is 9.34. The van der Waals surface area contributed by atoms with E-state index in [1.54, 1.807) is 0 Å². The summed E-state index contributed by atoms with van der Waals surface area (Å²) in [6.07, 6.45) is 0.930. The lowest BCUT2D eigenvalue weighted by Crippen LogP contribution is -2.29. The van der Waals surface area contributed by atoms with Crippen LogP contribution in [0.2, 0.25) is 0 Å². The quantitative estimate of drug-likeness (QED) is 0.704. The summed E-state index contributed by atoms with van der Waals surface area (Å²) in [7, 11) is 0. The highest BCUT2D eigenvalue weighted by atomic mass is 16.1. The van der Waals surface area contributed by atoms with Gasteiger partial charge in [-0.1, -0.05) is 23.8 Å². The standard InChI is InChI=1S/C12H18N2O/c1-9-3-4-11(10(2)7-9)5-6-14-8-12(13)15/h3-4,7,14H,5-6,8H2,1-2H3,(H2,13,15). The molecule has 3 heteroatoms. The number of primary amides is 1. The lowest BCUT2D eigenvalue weighted by molar-refractivity contribution is -0.117. The zero-order chi connectivity index (χ0) is 11.3. The Labute approximate surface area is 90.7 Å². The molecule has 0 aliphatic carbocycles. The van der Waals surface area contributed by atoms with Gasteiger partial charge in [0.25, 0.3) is 0 Å². The predicted octanol–water partition coefficient (Wildman–Crippen LogP) is 0.921. The second kappa shape index (κ2) is 5.51. The number of rotatable bonds is 5. The first kappa shape index (κ1) is 11.7. The number of carbonyl (C=O) groups excluding carboxylic acids is 1. The zero-order valence-corrected chi connectivity index (χ0v) is 9.34. The second-order valence-electron chi connectivity index (χ2n) is 3.82. The lowest BCUT2D eigenvalue weighted by atomic mass is 10.0. The Hall–Kier alpha value is -1.35. The van der Waals surface area contributed by atoms with Crippen LogP contribution < -0.4 is 11.1 Å². The van der Waals surface area contributed by atoms with Crippen LogP contribution in [0.15, 0.2) is 18.2 Å². The highest BCUT2D eigenvalue weighted by molar-refractivity contribution is 5.75. The smallest absolute Gasteiger partial charge is 0.231 e. The second-order valence-corrected chi connectivity index (χ2v) is 3.82. The van der Waals surface area contributed by atoms with E-state index in [0.717, 1.165) is 13.0 Å². The van der Waals surface area contributed by atoms with Crippen molar-refractivity contribution in [1.29, 1.82) is 0 Å². The van der Waals surface area contributed by atoms with Crippen LogP contribution in [0.4, 0.5) is 0 Å². The van der Waals surface area contributed by atoms with Gasteiger partial charge in [0.05, 0.1) is 6.54 Å². The normalized spacial score (nSPS) is 10.3. The molecule has 15 heavy (non-hydrogen) atoms. The van der Waals surface area contributed by atoms with E-state index in [-0.39, 0.29) is 12.5 Å². The van der Waals surface area contributed by atoms with Gasteiger partial charge in [0.2, 0.25) is 5.91 Å². The van der Waals surface area contributed by atoms with Gasteiger partial charge in [0.1, 0.15) is 0 Å². The molecule has 0 bridgehead atoms. The summed E-state index contributed by atoms with van der Waals surface area (Å²) in [5, 5.41) is 3.00. The monoisotopic (exact) mass is 206 g/mol. The average molecular weight is 206 g/mol. The molecule has 0 heterocycles. The Kier molecular flexibility index (Phi) is 4.31. The molecule has 0 spiro atoms. The Morgan fingerprint density at radius 3 is 2.73 bits per heavy atom. The van der Waals surface area contributed by atoms with Crippen LogP contribution in [0.25, 0.3) is 0 Å². The number of nitrogens with two attached hydrogens (primary N) is 1. The summed E-state index contributed by atoms with van der Waals surface area (Å²) in [4.78, 5) is 10.5. The molecule has 0 atom stereocenters. The van der Waals surface area contributed by atoms with Gasteiger partial charge in [-0.3, -0.25) is 4.79 Å². The fourth-order valence-electron chi connectivity index (χ4n) is 1.56. The first-order chi connectivity index (χ1) is 7.09. The van der Waals surface area contributed by atoms with Crippen molar-refractivity contribution in [1.82, 2.24) is 5.32 Å². The van der Waals surface area contributed by atoms with Crippen molar-refractivity contribution in [2.75, 3.05) is 13.1 Å². The molecule has 0 saturated heterocycles. The lowest BCUT2D eigenvalue weighted by Gasteiger charge is -2.07. The number of carbonyl (C=O) groups is 1. The molecule has 0 radical (unpaired) electrons. The predicted molar refractivity (Wildman–Crippen MR) is 61.7 cm³/mol. The maximum Gasteiger partial charge on any atom is 0.231 e. The van der Waals surface area contributed by atoms with Crippen LogP contribution in [0.1, 0.15) is 16.7 Å². The molecule has 82 valence electrons. The number of nitrogens with one attached hydrogen (secondary N) is 1. The minimum absolute atomic E-state index is 0.255. The van der Waals surface area contributed by atoms with Crippen molar-refractivity contribution in [2.24, 2.45) is 5.73 Å². The van der Waals surface area contributed by atoms with Crippen LogP contribution in [0.3, 0.4) is 0 Å². The van der Waals surface area contributed by atoms with Gasteiger partial charge in [-0.2, -0.15) is 0 Å². The van der Waals surface area contributed by atoms with Crippen molar-refractivity contribution in [3.05, 3.63) is 34.9 Å². The van der Waals surface area contributed by atoms with Crippen LogP contribution in [-0.4, -0.2) is 19.0 Å². The molecule has 0 saturated carbocycles. The summed E-state index contributed by atoms with van der Waals surface area (Å²) in [6.45, 7) is 5.23. The third-order valence-corrected chi connectivity index (χ3v) is 2.37. The molecular formula is C12H18N2O. The van der Waals surface area contributed by atoms with Crippen molar-refractivity contribution >= 4 is 5.91 Å². The van der Waals surface area contributed by atoms with Gasteiger partial charge in [-0.25, -0.2) is 0 Å². The fourth-order valence-corrected chi connectivity index (χ4v) is 1.56. The number of aryl methyl sites for hydroxylation is 2. The molecule has 0 unspecified atom stereocenters. The maximum absolute atomic E-state index is 10.5. The van der Waals surface area contributed by atoms with Crippen LogP contribution in [-0.2, 0) is 11.2 Å². The van der Waals surface area contributed by atoms with Gasteiger partial charge in [-0.05, 0) is 37.9 Å². The third kappa shape index (κ3) is 4.13. The van der Waals surface area contributed by atoms with Crippen molar-refractivity contribution in [2.45, 2.75) is 20.3 Å². The van der Waals surface area contributed by atoms with Gasteiger partial charge in [-0.15, -0.1) is 0 Å². The van der Waals surface area contributed by atoms with E-state index in [0.29, 0.717) is 0 Å². The summed E-state index contributed by atoms with van der Waals surface area (Å²) in [5.41, 5.74) is 8.92. The van der Waals surface area contributed by atoms with Crippen LogP contribution in [0, 0.1) is 13.8 Å². The van der Waals surface area contributed by atoms with Crippen molar-refractivity contribution < 1.29 is 4.79 Å². The highest BCUT2D eigenvalue weighted by Gasteiger charge is 1.98. The van der Waals surface area contributed by atoms with E-state index in [2.05, 4.69) is 37.4 Å². The van der Waals surface area contributed by atoms with E-state index in [1.165, 1.54) is 16.7 Å². The Morgan fingerprint density at radius 1 is 1.40 bits per heavy atom. The summed E-state index contributed by atoms with van der Waals surface area (Å²) >= 11 is 0. The first-order valence-electron chi connectivity index (χ1n) is 5.15. The van der Waals surface area contributed by atoms with E-state index < -0.39 is 0 Å². The summed E-state index contributed by atoms with van der Waals surface area (Å²) < 4.78 is 0. The highest BCUT2D eigenvalue weighted by Crippen LogP contribution is 2.10. The molecule has 1 amide bonds. The Balaban J connectivity index is 2.40. The van der Waals surface area contributed by atoms with Crippen LogP contribution in [0.5, 0.6) is 0 Å². The topological polar surface area (TPSA) is 55.1 Å². The molecular weight excluding hydrogens is 188 g/mol. The SMILES string of the molecule is Cc1ccc(CCNCC(N)=O)c(C)c1. The molecule has 1 aromatic carbocycles.